The van der Waals surface area contributed by atoms with Crippen molar-refractivity contribution in [3.05, 3.63) is 60.2 Å². The highest BCUT2D eigenvalue weighted by molar-refractivity contribution is 5.92. The van der Waals surface area contributed by atoms with E-state index in [0.717, 1.165) is 5.56 Å². The van der Waals surface area contributed by atoms with E-state index in [9.17, 15) is 9.59 Å². The Hall–Kier alpha value is -3.02. The lowest BCUT2D eigenvalue weighted by Gasteiger charge is -2.32. The van der Waals surface area contributed by atoms with Gasteiger partial charge >= 0.3 is 12.1 Å². The van der Waals surface area contributed by atoms with E-state index in [1.54, 1.807) is 24.3 Å². The number of ether oxygens (including phenoxy) is 2. The molecule has 1 aliphatic rings. The molecule has 0 aliphatic carbocycles. The molecule has 6 heteroatoms. The summed E-state index contributed by atoms with van der Waals surface area (Å²) in [6, 6.07) is 16.1. The summed E-state index contributed by atoms with van der Waals surface area (Å²) in [4.78, 5) is 24.9. The smallest absolute Gasteiger partial charge is 0.414 e. The molecule has 1 N–H and O–H groups in total. The Kier molecular flexibility index (Phi) is 4.14. The van der Waals surface area contributed by atoms with Crippen molar-refractivity contribution >= 4 is 17.7 Å². The van der Waals surface area contributed by atoms with E-state index in [-0.39, 0.29) is 13.2 Å². The molecule has 1 amide bonds. The Morgan fingerprint density at radius 1 is 1.13 bits per heavy atom. The van der Waals surface area contributed by atoms with Crippen molar-refractivity contribution in [3.63, 3.8) is 0 Å². The highest BCUT2D eigenvalue weighted by Crippen LogP contribution is 2.33. The fraction of sp³-hybridized carbons (Fsp3) is 0.176. The minimum Gasteiger partial charge on any atom is -0.478 e. The van der Waals surface area contributed by atoms with Crippen LogP contribution in [0.15, 0.2) is 54.6 Å². The maximum Gasteiger partial charge on any atom is 0.414 e. The molecule has 6 nitrogen and oxygen atoms in total. The van der Waals surface area contributed by atoms with Crippen LogP contribution in [0.4, 0.5) is 10.5 Å². The predicted molar refractivity (Wildman–Crippen MR) is 82.5 cm³/mol. The number of amides is 1. The van der Waals surface area contributed by atoms with E-state index in [4.69, 9.17) is 14.6 Å². The van der Waals surface area contributed by atoms with Crippen LogP contribution in [0.25, 0.3) is 0 Å². The Morgan fingerprint density at radius 3 is 2.57 bits per heavy atom. The number of hydrogen-bond donors (Lipinski definition) is 1. The topological polar surface area (TPSA) is 76.1 Å². The first-order chi connectivity index (χ1) is 11.1. The summed E-state index contributed by atoms with van der Waals surface area (Å²) in [5.74, 6) is -0.775. The van der Waals surface area contributed by atoms with Gasteiger partial charge in [-0.15, -0.1) is 0 Å². The predicted octanol–water partition coefficient (Wildman–Crippen LogP) is 2.68. The lowest BCUT2D eigenvalue weighted by atomic mass is 10.2. The van der Waals surface area contributed by atoms with Gasteiger partial charge in [-0.3, -0.25) is 4.90 Å². The summed E-state index contributed by atoms with van der Waals surface area (Å²) in [7, 11) is 0. The van der Waals surface area contributed by atoms with Crippen molar-refractivity contribution in [2.45, 2.75) is 12.7 Å². The van der Waals surface area contributed by atoms with Crippen LogP contribution in [0.3, 0.4) is 0 Å². The molecular weight excluding hydrogens is 298 g/mol. The third-order valence-electron chi connectivity index (χ3n) is 3.47. The van der Waals surface area contributed by atoms with Gasteiger partial charge in [-0.25, -0.2) is 9.59 Å². The van der Waals surface area contributed by atoms with Gasteiger partial charge in [0.15, 0.2) is 0 Å². The van der Waals surface area contributed by atoms with Crippen LogP contribution in [-0.4, -0.2) is 29.8 Å². The minimum absolute atomic E-state index is 0.0973. The van der Waals surface area contributed by atoms with Gasteiger partial charge in [0, 0.05) is 0 Å². The van der Waals surface area contributed by atoms with Gasteiger partial charge in [-0.2, -0.15) is 0 Å². The molecule has 0 saturated heterocycles. The number of rotatable bonds is 3. The Bertz CT molecular complexity index is 716. The van der Waals surface area contributed by atoms with E-state index in [2.05, 4.69) is 0 Å². The monoisotopic (exact) mass is 313 g/mol. The molecule has 0 spiro atoms. The number of aliphatic carboxylic acids is 1. The lowest BCUT2D eigenvalue weighted by Crippen LogP contribution is -2.47. The molecule has 118 valence electrons. The third kappa shape index (κ3) is 3.26. The van der Waals surface area contributed by atoms with Gasteiger partial charge in [-0.1, -0.05) is 42.5 Å². The molecule has 1 aliphatic heterocycles. The Labute approximate surface area is 132 Å². The first-order valence-electron chi connectivity index (χ1n) is 7.12. The molecule has 1 atom stereocenters. The van der Waals surface area contributed by atoms with Crippen LogP contribution in [0, 0.1) is 0 Å². The zero-order chi connectivity index (χ0) is 16.2. The quantitative estimate of drug-likeness (QED) is 0.943. The molecule has 1 heterocycles. The number of carbonyl (C=O) groups excluding carboxylic acids is 1. The molecule has 0 fully saturated rings. The van der Waals surface area contributed by atoms with Crippen LogP contribution in [0.1, 0.15) is 5.56 Å². The zero-order valence-electron chi connectivity index (χ0n) is 12.2. The number of carbonyl (C=O) groups is 2. The standard InChI is InChI=1S/C17H15NO5/c19-16(20)15-10-18(13-8-4-5-9-14(13)23-15)17(21)22-11-12-6-2-1-3-7-12/h1-9,15H,10-11H2,(H,19,20). The lowest BCUT2D eigenvalue weighted by molar-refractivity contribution is -0.144. The van der Waals surface area contributed by atoms with E-state index in [0.29, 0.717) is 11.4 Å². The first kappa shape index (κ1) is 14.9. The highest BCUT2D eigenvalue weighted by Gasteiger charge is 2.34. The van der Waals surface area contributed by atoms with Crippen molar-refractivity contribution in [2.75, 3.05) is 11.4 Å². The fourth-order valence-electron chi connectivity index (χ4n) is 2.33. The maximum absolute atomic E-state index is 12.4. The summed E-state index contributed by atoms with van der Waals surface area (Å²) in [5, 5.41) is 9.17. The number of benzene rings is 2. The van der Waals surface area contributed by atoms with Crippen LogP contribution in [0.2, 0.25) is 0 Å². The van der Waals surface area contributed by atoms with Gasteiger partial charge < -0.3 is 14.6 Å². The van der Waals surface area contributed by atoms with Gasteiger partial charge in [-0.05, 0) is 17.7 Å². The van der Waals surface area contributed by atoms with Crippen molar-refractivity contribution in [3.8, 4) is 5.75 Å². The first-order valence-corrected chi connectivity index (χ1v) is 7.12. The maximum atomic E-state index is 12.4. The molecule has 0 saturated carbocycles. The van der Waals surface area contributed by atoms with E-state index in [1.807, 2.05) is 30.3 Å². The fourth-order valence-corrected chi connectivity index (χ4v) is 2.33. The van der Waals surface area contributed by atoms with Crippen LogP contribution >= 0.6 is 0 Å². The molecule has 2 aromatic carbocycles. The number of carboxylic acid groups (broad SMARTS) is 1. The molecule has 0 aromatic heterocycles. The number of carboxylic acids is 1. The number of fused-ring (bicyclic) bond motifs is 1. The second-order valence-electron chi connectivity index (χ2n) is 5.06. The number of para-hydroxylation sites is 2. The van der Waals surface area contributed by atoms with Crippen LogP contribution < -0.4 is 9.64 Å². The highest BCUT2D eigenvalue weighted by atomic mass is 16.6. The third-order valence-corrected chi connectivity index (χ3v) is 3.47. The Balaban J connectivity index is 1.77. The molecule has 3 rings (SSSR count). The molecule has 23 heavy (non-hydrogen) atoms. The molecular formula is C17H15NO5. The van der Waals surface area contributed by atoms with Crippen molar-refractivity contribution in [1.82, 2.24) is 0 Å². The summed E-state index contributed by atoms with van der Waals surface area (Å²) in [5.41, 5.74) is 1.36. The summed E-state index contributed by atoms with van der Waals surface area (Å²) in [6.45, 7) is 0.0247. The summed E-state index contributed by atoms with van der Waals surface area (Å²) in [6.07, 6.45) is -1.72. The zero-order valence-corrected chi connectivity index (χ0v) is 12.2. The van der Waals surface area contributed by atoms with E-state index < -0.39 is 18.2 Å². The van der Waals surface area contributed by atoms with Gasteiger partial charge in [0.2, 0.25) is 6.10 Å². The van der Waals surface area contributed by atoms with Crippen LogP contribution in [-0.2, 0) is 16.1 Å². The summed E-state index contributed by atoms with van der Waals surface area (Å²) >= 11 is 0. The van der Waals surface area contributed by atoms with Gasteiger partial charge in [0.1, 0.15) is 12.4 Å². The number of hydrogen-bond acceptors (Lipinski definition) is 4. The second-order valence-corrected chi connectivity index (χ2v) is 5.06. The Morgan fingerprint density at radius 2 is 1.83 bits per heavy atom. The summed E-state index contributed by atoms with van der Waals surface area (Å²) < 4.78 is 10.7. The van der Waals surface area contributed by atoms with E-state index in [1.165, 1.54) is 4.90 Å². The minimum atomic E-state index is -1.12. The number of nitrogens with zero attached hydrogens (tertiary/aromatic N) is 1. The molecule has 0 radical (unpaired) electrons. The normalized spacial score (nSPS) is 16.2. The number of anilines is 1. The largest absolute Gasteiger partial charge is 0.478 e. The van der Waals surface area contributed by atoms with Crippen molar-refractivity contribution < 1.29 is 24.2 Å². The average molecular weight is 313 g/mol. The van der Waals surface area contributed by atoms with E-state index >= 15 is 0 Å². The SMILES string of the molecule is O=C(O)C1CN(C(=O)OCc2ccccc2)c2ccccc2O1. The van der Waals surface area contributed by atoms with Crippen molar-refractivity contribution in [1.29, 1.82) is 0 Å². The van der Waals surface area contributed by atoms with Crippen molar-refractivity contribution in [2.24, 2.45) is 0 Å². The molecule has 2 aromatic rings. The molecule has 0 bridgehead atoms. The molecule has 1 unspecified atom stereocenters. The second kappa shape index (κ2) is 6.39. The van der Waals surface area contributed by atoms with Gasteiger partial charge in [0.25, 0.3) is 0 Å². The average Bonchev–Trinajstić information content (AvgIpc) is 2.59. The van der Waals surface area contributed by atoms with Crippen LogP contribution in [0.5, 0.6) is 5.75 Å². The van der Waals surface area contributed by atoms with Gasteiger partial charge in [0.05, 0.1) is 12.2 Å².